The average molecular weight is 293 g/mol. The first-order valence-corrected chi connectivity index (χ1v) is 7.89. The molecule has 6 nitrogen and oxygen atoms in total. The molecule has 0 saturated carbocycles. The molecule has 1 amide bonds. The number of ether oxygens (including phenoxy) is 1. The SMILES string of the molecule is CC(C)c1noc(C2CCN(C(=O)[C@@H]3CCCO3)CC2)n1. The van der Waals surface area contributed by atoms with E-state index in [0.29, 0.717) is 6.61 Å². The van der Waals surface area contributed by atoms with E-state index in [2.05, 4.69) is 24.0 Å². The van der Waals surface area contributed by atoms with Crippen LogP contribution in [-0.2, 0) is 9.53 Å². The molecule has 2 fully saturated rings. The van der Waals surface area contributed by atoms with Crippen molar-refractivity contribution in [3.8, 4) is 0 Å². The van der Waals surface area contributed by atoms with Crippen LogP contribution in [0.5, 0.6) is 0 Å². The smallest absolute Gasteiger partial charge is 0.251 e. The van der Waals surface area contributed by atoms with Crippen molar-refractivity contribution in [2.75, 3.05) is 19.7 Å². The Bertz CT molecular complexity index is 486. The lowest BCUT2D eigenvalue weighted by Gasteiger charge is -2.31. The number of piperidine rings is 1. The summed E-state index contributed by atoms with van der Waals surface area (Å²) < 4.78 is 10.8. The maximum Gasteiger partial charge on any atom is 0.251 e. The van der Waals surface area contributed by atoms with Crippen LogP contribution in [0.4, 0.5) is 0 Å². The minimum atomic E-state index is -0.211. The molecule has 2 saturated heterocycles. The van der Waals surface area contributed by atoms with Crippen molar-refractivity contribution in [1.29, 1.82) is 0 Å². The van der Waals surface area contributed by atoms with Crippen molar-refractivity contribution in [2.45, 2.75) is 57.5 Å². The van der Waals surface area contributed by atoms with Crippen LogP contribution in [0.2, 0.25) is 0 Å². The standard InChI is InChI=1S/C15H23N3O3/c1-10(2)13-16-14(21-17-13)11-5-7-18(8-6-11)15(19)12-4-3-9-20-12/h10-12H,3-9H2,1-2H3/t12-/m0/s1. The third kappa shape index (κ3) is 3.10. The minimum absolute atomic E-state index is 0.152. The Morgan fingerprint density at radius 1 is 1.29 bits per heavy atom. The van der Waals surface area contributed by atoms with Crippen molar-refractivity contribution in [1.82, 2.24) is 15.0 Å². The van der Waals surface area contributed by atoms with E-state index in [-0.39, 0.29) is 23.8 Å². The van der Waals surface area contributed by atoms with Crippen LogP contribution in [0, 0.1) is 0 Å². The average Bonchev–Trinajstić information content (AvgIpc) is 3.18. The molecule has 0 spiro atoms. The first-order chi connectivity index (χ1) is 10.1. The molecule has 0 aliphatic carbocycles. The fourth-order valence-corrected chi connectivity index (χ4v) is 2.97. The van der Waals surface area contributed by atoms with Gasteiger partial charge >= 0.3 is 0 Å². The summed E-state index contributed by atoms with van der Waals surface area (Å²) in [7, 11) is 0. The molecule has 3 rings (SSSR count). The van der Waals surface area contributed by atoms with E-state index in [9.17, 15) is 4.79 Å². The Kier molecular flexibility index (Phi) is 4.24. The molecule has 2 aliphatic rings. The normalized spacial score (nSPS) is 24.0. The van der Waals surface area contributed by atoms with E-state index >= 15 is 0 Å². The molecule has 1 atom stereocenters. The van der Waals surface area contributed by atoms with Crippen LogP contribution < -0.4 is 0 Å². The lowest BCUT2D eigenvalue weighted by molar-refractivity contribution is -0.142. The predicted octanol–water partition coefficient (Wildman–Crippen LogP) is 2.08. The maximum atomic E-state index is 12.3. The second-order valence-corrected chi connectivity index (χ2v) is 6.25. The van der Waals surface area contributed by atoms with E-state index in [1.807, 2.05) is 4.90 Å². The van der Waals surface area contributed by atoms with Gasteiger partial charge in [0.2, 0.25) is 5.89 Å². The van der Waals surface area contributed by atoms with E-state index in [1.54, 1.807) is 0 Å². The van der Waals surface area contributed by atoms with Crippen molar-refractivity contribution in [3.63, 3.8) is 0 Å². The summed E-state index contributed by atoms with van der Waals surface area (Å²) in [5.41, 5.74) is 0. The Morgan fingerprint density at radius 3 is 2.62 bits per heavy atom. The van der Waals surface area contributed by atoms with Gasteiger partial charge in [-0.2, -0.15) is 4.98 Å². The molecule has 21 heavy (non-hydrogen) atoms. The van der Waals surface area contributed by atoms with Crippen LogP contribution in [0.3, 0.4) is 0 Å². The number of likely N-dealkylation sites (tertiary alicyclic amines) is 1. The number of carbonyl (C=O) groups is 1. The maximum absolute atomic E-state index is 12.3. The van der Waals surface area contributed by atoms with Gasteiger partial charge in [0, 0.05) is 31.5 Å². The van der Waals surface area contributed by atoms with Crippen LogP contribution in [0.15, 0.2) is 4.52 Å². The molecule has 0 aromatic carbocycles. The molecular formula is C15H23N3O3. The molecule has 1 aromatic rings. The molecule has 0 bridgehead atoms. The van der Waals surface area contributed by atoms with Gasteiger partial charge in [-0.1, -0.05) is 19.0 Å². The van der Waals surface area contributed by atoms with Crippen molar-refractivity contribution < 1.29 is 14.1 Å². The minimum Gasteiger partial charge on any atom is -0.368 e. The zero-order valence-electron chi connectivity index (χ0n) is 12.7. The monoisotopic (exact) mass is 293 g/mol. The number of hydrogen-bond donors (Lipinski definition) is 0. The van der Waals surface area contributed by atoms with E-state index in [1.165, 1.54) is 0 Å². The lowest BCUT2D eigenvalue weighted by atomic mass is 9.96. The van der Waals surface area contributed by atoms with Gasteiger partial charge in [-0.05, 0) is 25.7 Å². The van der Waals surface area contributed by atoms with Gasteiger partial charge in [0.25, 0.3) is 5.91 Å². The van der Waals surface area contributed by atoms with E-state index in [0.717, 1.165) is 50.5 Å². The van der Waals surface area contributed by atoms with E-state index in [4.69, 9.17) is 9.26 Å². The highest BCUT2D eigenvalue weighted by Crippen LogP contribution is 2.28. The predicted molar refractivity (Wildman–Crippen MR) is 75.9 cm³/mol. The molecule has 6 heteroatoms. The van der Waals surface area contributed by atoms with E-state index < -0.39 is 0 Å². The summed E-state index contributed by atoms with van der Waals surface area (Å²) in [6, 6.07) is 0. The molecular weight excluding hydrogens is 270 g/mol. The third-order valence-electron chi connectivity index (χ3n) is 4.33. The first-order valence-electron chi connectivity index (χ1n) is 7.89. The summed E-state index contributed by atoms with van der Waals surface area (Å²) in [5.74, 6) is 2.20. The van der Waals surface area contributed by atoms with Crippen LogP contribution in [-0.4, -0.2) is 46.7 Å². The Balaban J connectivity index is 1.55. The van der Waals surface area contributed by atoms with Crippen molar-refractivity contribution in [2.24, 2.45) is 0 Å². The molecule has 1 aromatic heterocycles. The van der Waals surface area contributed by atoms with Gasteiger partial charge in [0.15, 0.2) is 5.82 Å². The van der Waals surface area contributed by atoms with Gasteiger partial charge in [-0.15, -0.1) is 0 Å². The van der Waals surface area contributed by atoms with Gasteiger partial charge in [0.05, 0.1) is 0 Å². The van der Waals surface area contributed by atoms with Crippen molar-refractivity contribution >= 4 is 5.91 Å². The third-order valence-corrected chi connectivity index (χ3v) is 4.33. The number of aromatic nitrogens is 2. The number of amides is 1. The molecule has 2 aliphatic heterocycles. The Labute approximate surface area is 124 Å². The zero-order chi connectivity index (χ0) is 14.8. The van der Waals surface area contributed by atoms with Crippen LogP contribution >= 0.6 is 0 Å². The second-order valence-electron chi connectivity index (χ2n) is 6.25. The highest BCUT2D eigenvalue weighted by atomic mass is 16.5. The molecule has 0 radical (unpaired) electrons. The summed E-state index contributed by atoms with van der Waals surface area (Å²) >= 11 is 0. The number of hydrogen-bond acceptors (Lipinski definition) is 5. The fraction of sp³-hybridized carbons (Fsp3) is 0.800. The topological polar surface area (TPSA) is 68.5 Å². The largest absolute Gasteiger partial charge is 0.368 e. The summed E-state index contributed by atoms with van der Waals surface area (Å²) in [5, 5.41) is 4.02. The van der Waals surface area contributed by atoms with Gasteiger partial charge in [0.1, 0.15) is 6.10 Å². The highest BCUT2D eigenvalue weighted by molar-refractivity contribution is 5.81. The van der Waals surface area contributed by atoms with Gasteiger partial charge in [-0.3, -0.25) is 4.79 Å². The second kappa shape index (κ2) is 6.13. The first kappa shape index (κ1) is 14.5. The summed E-state index contributed by atoms with van der Waals surface area (Å²) in [4.78, 5) is 18.7. The number of rotatable bonds is 3. The van der Waals surface area contributed by atoms with Crippen LogP contribution in [0.25, 0.3) is 0 Å². The summed E-state index contributed by atoms with van der Waals surface area (Å²) in [6.45, 7) is 6.33. The highest BCUT2D eigenvalue weighted by Gasteiger charge is 2.32. The van der Waals surface area contributed by atoms with Crippen molar-refractivity contribution in [3.05, 3.63) is 11.7 Å². The fourth-order valence-electron chi connectivity index (χ4n) is 2.97. The molecule has 116 valence electrons. The molecule has 0 unspecified atom stereocenters. The zero-order valence-corrected chi connectivity index (χ0v) is 12.7. The quantitative estimate of drug-likeness (QED) is 0.853. The Hall–Kier alpha value is -1.43. The van der Waals surface area contributed by atoms with Gasteiger partial charge < -0.3 is 14.2 Å². The summed E-state index contributed by atoms with van der Waals surface area (Å²) in [6.07, 6.45) is 3.42. The lowest BCUT2D eigenvalue weighted by Crippen LogP contribution is -2.43. The Morgan fingerprint density at radius 2 is 2.05 bits per heavy atom. The number of carbonyl (C=O) groups excluding carboxylic acids is 1. The molecule has 0 N–H and O–H groups in total. The molecule has 3 heterocycles. The van der Waals surface area contributed by atoms with Gasteiger partial charge in [-0.25, -0.2) is 0 Å². The number of nitrogens with zero attached hydrogens (tertiary/aromatic N) is 3. The van der Waals surface area contributed by atoms with Crippen LogP contribution in [0.1, 0.15) is 63.1 Å².